The molecule has 3 aromatic rings. The summed E-state index contributed by atoms with van der Waals surface area (Å²) in [6, 6.07) is 17.3. The number of pyridine rings is 1. The van der Waals surface area contributed by atoms with Crippen molar-refractivity contribution in [3.63, 3.8) is 0 Å². The highest BCUT2D eigenvalue weighted by atomic mass is 16.4. The number of fused-ring (bicyclic) bond motifs is 2. The molecule has 0 saturated heterocycles. The first-order valence-electron chi connectivity index (χ1n) is 10.8. The maximum absolute atomic E-state index is 11.5. The number of carboxylic acids is 1. The number of nitrogens with zero attached hydrogens (tertiary/aromatic N) is 2. The van der Waals surface area contributed by atoms with Crippen LogP contribution in [-0.4, -0.2) is 22.6 Å². The van der Waals surface area contributed by atoms with Gasteiger partial charge in [-0.25, -0.2) is 4.79 Å². The van der Waals surface area contributed by atoms with Crippen molar-refractivity contribution in [1.29, 1.82) is 0 Å². The molecule has 4 nitrogen and oxygen atoms in total. The van der Waals surface area contributed by atoms with E-state index in [9.17, 15) is 9.90 Å². The van der Waals surface area contributed by atoms with Crippen LogP contribution in [0.3, 0.4) is 0 Å². The molecule has 4 heteroatoms. The van der Waals surface area contributed by atoms with Crippen LogP contribution in [0.25, 0.3) is 0 Å². The largest absolute Gasteiger partial charge is 0.478 e. The molecule has 1 atom stereocenters. The van der Waals surface area contributed by atoms with Crippen LogP contribution in [0.4, 0.5) is 11.4 Å². The third-order valence-electron chi connectivity index (χ3n) is 6.66. The van der Waals surface area contributed by atoms with Crippen LogP contribution in [-0.2, 0) is 19.3 Å². The standard InChI is InChI=1S/C26H26N2O2/c29-26(30)24-12-14-27-17-21(24)9-8-18-5-3-6-20-16-22(10-11-23(18)20)28-15-13-19-4-1-2-7-25(19)28/h1-2,4,7,10-12,14,16-18H,3,5-6,8-9,13,15H2,(H,29,30). The number of carbonyl (C=O) groups is 1. The minimum Gasteiger partial charge on any atom is -0.478 e. The predicted octanol–water partition coefficient (Wildman–Crippen LogP) is 5.53. The van der Waals surface area contributed by atoms with Gasteiger partial charge in [-0.3, -0.25) is 4.98 Å². The Kier molecular flexibility index (Phi) is 4.99. The van der Waals surface area contributed by atoms with E-state index in [1.54, 1.807) is 18.5 Å². The van der Waals surface area contributed by atoms with E-state index in [1.165, 1.54) is 40.9 Å². The summed E-state index contributed by atoms with van der Waals surface area (Å²) in [7, 11) is 0. The molecule has 152 valence electrons. The van der Waals surface area contributed by atoms with E-state index in [1.807, 2.05) is 0 Å². The summed E-state index contributed by atoms with van der Waals surface area (Å²) in [6.45, 7) is 1.04. The van der Waals surface area contributed by atoms with Crippen molar-refractivity contribution in [3.05, 3.63) is 88.7 Å². The fraction of sp³-hybridized carbons (Fsp3) is 0.308. The molecule has 2 heterocycles. The van der Waals surface area contributed by atoms with E-state index in [0.717, 1.165) is 37.8 Å². The number of benzene rings is 2. The number of hydrogen-bond acceptors (Lipinski definition) is 3. The van der Waals surface area contributed by atoms with Gasteiger partial charge in [0.05, 0.1) is 5.56 Å². The second-order valence-electron chi connectivity index (χ2n) is 8.38. The Hall–Kier alpha value is -3.14. The quantitative estimate of drug-likeness (QED) is 0.614. The molecule has 30 heavy (non-hydrogen) atoms. The highest BCUT2D eigenvalue weighted by Gasteiger charge is 2.24. The van der Waals surface area contributed by atoms with E-state index in [4.69, 9.17) is 0 Å². The zero-order valence-corrected chi connectivity index (χ0v) is 17.1. The first kappa shape index (κ1) is 18.9. The molecule has 1 aliphatic heterocycles. The SMILES string of the molecule is O=C(O)c1ccncc1CCC1CCCc2cc(N3CCc4ccccc43)ccc21. The number of aryl methyl sites for hydroxylation is 2. The molecule has 0 amide bonds. The van der Waals surface area contributed by atoms with Crippen molar-refractivity contribution >= 4 is 17.3 Å². The zero-order chi connectivity index (χ0) is 20.5. The Morgan fingerprint density at radius 2 is 2.00 bits per heavy atom. The van der Waals surface area contributed by atoms with Crippen LogP contribution >= 0.6 is 0 Å². The van der Waals surface area contributed by atoms with Gasteiger partial charge >= 0.3 is 5.97 Å². The molecule has 0 fully saturated rings. The Bertz CT molecular complexity index is 1090. The van der Waals surface area contributed by atoms with Crippen LogP contribution in [0.1, 0.15) is 57.8 Å². The normalized spacial score (nSPS) is 17.5. The second kappa shape index (κ2) is 7.94. The molecular weight excluding hydrogens is 372 g/mol. The van der Waals surface area contributed by atoms with Gasteiger partial charge in [-0.1, -0.05) is 24.3 Å². The Morgan fingerprint density at radius 3 is 2.90 bits per heavy atom. The number of aromatic carboxylic acids is 1. The van der Waals surface area contributed by atoms with Gasteiger partial charge in [0.25, 0.3) is 0 Å². The molecular formula is C26H26N2O2. The third kappa shape index (κ3) is 3.47. The molecule has 2 aromatic carbocycles. The van der Waals surface area contributed by atoms with E-state index < -0.39 is 5.97 Å². The van der Waals surface area contributed by atoms with Gasteiger partial charge < -0.3 is 10.0 Å². The molecule has 0 spiro atoms. The number of hydrogen-bond donors (Lipinski definition) is 1. The second-order valence-corrected chi connectivity index (χ2v) is 8.38. The average molecular weight is 399 g/mol. The van der Waals surface area contributed by atoms with Gasteiger partial charge in [0.1, 0.15) is 0 Å². The summed E-state index contributed by atoms with van der Waals surface area (Å²) in [5, 5.41) is 9.43. The fourth-order valence-corrected chi connectivity index (χ4v) is 5.14. The van der Waals surface area contributed by atoms with Crippen molar-refractivity contribution in [2.45, 2.75) is 44.4 Å². The molecule has 1 unspecified atom stereocenters. The molecule has 2 aliphatic rings. The summed E-state index contributed by atoms with van der Waals surface area (Å²) in [5.74, 6) is -0.387. The van der Waals surface area contributed by atoms with Crippen molar-refractivity contribution in [1.82, 2.24) is 4.98 Å². The summed E-state index contributed by atoms with van der Waals surface area (Å²) in [6.07, 6.45) is 9.57. The van der Waals surface area contributed by atoms with Gasteiger partial charge in [-0.05, 0) is 91.0 Å². The van der Waals surface area contributed by atoms with Crippen molar-refractivity contribution in [2.24, 2.45) is 0 Å². The van der Waals surface area contributed by atoms with Crippen molar-refractivity contribution in [2.75, 3.05) is 11.4 Å². The lowest BCUT2D eigenvalue weighted by Crippen LogP contribution is -2.16. The number of carboxylic acid groups (broad SMARTS) is 1. The average Bonchev–Trinajstić information content (AvgIpc) is 3.21. The topological polar surface area (TPSA) is 53.4 Å². The van der Waals surface area contributed by atoms with Crippen molar-refractivity contribution < 1.29 is 9.90 Å². The smallest absolute Gasteiger partial charge is 0.336 e. The zero-order valence-electron chi connectivity index (χ0n) is 17.1. The fourth-order valence-electron chi connectivity index (χ4n) is 5.14. The van der Waals surface area contributed by atoms with Crippen LogP contribution in [0.2, 0.25) is 0 Å². The number of aromatic nitrogens is 1. The molecule has 0 saturated carbocycles. The third-order valence-corrected chi connectivity index (χ3v) is 6.66. The van der Waals surface area contributed by atoms with Gasteiger partial charge in [0.2, 0.25) is 0 Å². The molecule has 1 N–H and O–H groups in total. The lowest BCUT2D eigenvalue weighted by molar-refractivity contribution is 0.0695. The van der Waals surface area contributed by atoms with Gasteiger partial charge in [-0.2, -0.15) is 0 Å². The minimum absolute atomic E-state index is 0.379. The van der Waals surface area contributed by atoms with Gasteiger partial charge in [-0.15, -0.1) is 0 Å². The molecule has 5 rings (SSSR count). The van der Waals surface area contributed by atoms with E-state index in [2.05, 4.69) is 52.3 Å². The van der Waals surface area contributed by atoms with Gasteiger partial charge in [0, 0.05) is 30.3 Å². The lowest BCUT2D eigenvalue weighted by atomic mass is 9.79. The van der Waals surface area contributed by atoms with Crippen molar-refractivity contribution in [3.8, 4) is 0 Å². The highest BCUT2D eigenvalue weighted by molar-refractivity contribution is 5.89. The summed E-state index contributed by atoms with van der Waals surface area (Å²) in [5.41, 5.74) is 8.17. The Morgan fingerprint density at radius 1 is 1.10 bits per heavy atom. The predicted molar refractivity (Wildman–Crippen MR) is 119 cm³/mol. The summed E-state index contributed by atoms with van der Waals surface area (Å²) >= 11 is 0. The van der Waals surface area contributed by atoms with Gasteiger partial charge in [0.15, 0.2) is 0 Å². The first-order chi connectivity index (χ1) is 14.7. The van der Waals surface area contributed by atoms with Crippen LogP contribution in [0.15, 0.2) is 60.9 Å². The Balaban J connectivity index is 1.36. The molecule has 1 aromatic heterocycles. The van der Waals surface area contributed by atoms with E-state index >= 15 is 0 Å². The van der Waals surface area contributed by atoms with E-state index in [0.29, 0.717) is 11.5 Å². The molecule has 1 aliphatic carbocycles. The number of para-hydroxylation sites is 1. The molecule has 0 radical (unpaired) electrons. The maximum atomic E-state index is 11.5. The van der Waals surface area contributed by atoms with Crippen LogP contribution < -0.4 is 4.90 Å². The Labute approximate surface area is 177 Å². The first-order valence-corrected chi connectivity index (χ1v) is 10.8. The monoisotopic (exact) mass is 398 g/mol. The number of anilines is 2. The maximum Gasteiger partial charge on any atom is 0.336 e. The lowest BCUT2D eigenvalue weighted by Gasteiger charge is -2.28. The summed E-state index contributed by atoms with van der Waals surface area (Å²) in [4.78, 5) is 18.1. The highest BCUT2D eigenvalue weighted by Crippen LogP contribution is 2.40. The molecule has 0 bridgehead atoms. The van der Waals surface area contributed by atoms with Crippen LogP contribution in [0, 0.1) is 0 Å². The minimum atomic E-state index is -0.869. The number of rotatable bonds is 5. The summed E-state index contributed by atoms with van der Waals surface area (Å²) < 4.78 is 0. The van der Waals surface area contributed by atoms with E-state index in [-0.39, 0.29) is 0 Å². The van der Waals surface area contributed by atoms with Crippen LogP contribution in [0.5, 0.6) is 0 Å².